The Morgan fingerprint density at radius 2 is 2.08 bits per heavy atom. The molecule has 0 saturated heterocycles. The van der Waals surface area contributed by atoms with Gasteiger partial charge in [0, 0.05) is 10.0 Å². The first kappa shape index (κ1) is 10.4. The lowest BCUT2D eigenvalue weighted by atomic mass is 10.0. The molecule has 1 atom stereocenters. The number of halogens is 1. The van der Waals surface area contributed by atoms with Crippen molar-refractivity contribution < 1.29 is 4.79 Å². The topological polar surface area (TPSA) is 43.1 Å². The van der Waals surface area contributed by atoms with Gasteiger partial charge in [0.05, 0.1) is 6.04 Å². The summed E-state index contributed by atoms with van der Waals surface area (Å²) in [6, 6.07) is 5.15. The molecular weight excluding hydrogens is 230 g/mol. The third-order valence-electron chi connectivity index (χ3n) is 1.74. The largest absolute Gasteiger partial charge is 0.321 e. The Morgan fingerprint density at radius 3 is 2.54 bits per heavy atom. The molecule has 0 heterocycles. The number of carbonyl (C=O) groups excluding carboxylic acids is 1. The fraction of sp³-hybridized carbons (Fsp3) is 0.300. The van der Waals surface area contributed by atoms with Gasteiger partial charge < -0.3 is 5.73 Å². The maximum atomic E-state index is 11.5. The predicted molar refractivity (Wildman–Crippen MR) is 56.9 cm³/mol. The lowest BCUT2D eigenvalue weighted by Crippen LogP contribution is -2.26. The lowest BCUT2D eigenvalue weighted by molar-refractivity contribution is 0.0968. The van der Waals surface area contributed by atoms with Gasteiger partial charge in [0.25, 0.3) is 0 Å². The summed E-state index contributed by atoms with van der Waals surface area (Å²) in [4.78, 5) is 11.5. The average molecular weight is 242 g/mol. The van der Waals surface area contributed by atoms with Crippen molar-refractivity contribution in [3.05, 3.63) is 33.8 Å². The first-order chi connectivity index (χ1) is 6.00. The van der Waals surface area contributed by atoms with Crippen molar-refractivity contribution in [3.8, 4) is 0 Å². The van der Waals surface area contributed by atoms with Crippen LogP contribution in [0.2, 0.25) is 0 Å². The van der Waals surface area contributed by atoms with Gasteiger partial charge in [-0.1, -0.05) is 15.9 Å². The molecule has 0 amide bonds. The maximum absolute atomic E-state index is 11.5. The number of hydrogen-bond acceptors (Lipinski definition) is 2. The van der Waals surface area contributed by atoms with Gasteiger partial charge in [-0.15, -0.1) is 0 Å². The third kappa shape index (κ3) is 2.64. The van der Waals surface area contributed by atoms with Crippen LogP contribution in [0.3, 0.4) is 0 Å². The summed E-state index contributed by atoms with van der Waals surface area (Å²) >= 11 is 3.34. The van der Waals surface area contributed by atoms with E-state index in [0.717, 1.165) is 10.0 Å². The van der Waals surface area contributed by atoms with Crippen molar-refractivity contribution in [2.24, 2.45) is 5.73 Å². The molecule has 0 saturated carbocycles. The van der Waals surface area contributed by atoms with Crippen molar-refractivity contribution in [2.75, 3.05) is 0 Å². The van der Waals surface area contributed by atoms with Crippen LogP contribution in [0, 0.1) is 6.92 Å². The average Bonchev–Trinajstić information content (AvgIpc) is 2.01. The minimum absolute atomic E-state index is 0.0237. The summed E-state index contributed by atoms with van der Waals surface area (Å²) < 4.78 is 0.913. The van der Waals surface area contributed by atoms with E-state index in [1.54, 1.807) is 13.0 Å². The van der Waals surface area contributed by atoms with Crippen LogP contribution >= 0.6 is 15.9 Å². The molecular formula is C10H12BrNO. The summed E-state index contributed by atoms with van der Waals surface area (Å²) in [5, 5.41) is 0. The van der Waals surface area contributed by atoms with Gasteiger partial charge in [-0.3, -0.25) is 4.79 Å². The summed E-state index contributed by atoms with van der Waals surface area (Å²) in [7, 11) is 0. The van der Waals surface area contributed by atoms with Gasteiger partial charge in [0.15, 0.2) is 5.78 Å². The van der Waals surface area contributed by atoms with Crippen LogP contribution < -0.4 is 5.73 Å². The molecule has 0 fully saturated rings. The predicted octanol–water partition coefficient (Wildman–Crippen LogP) is 2.29. The zero-order chi connectivity index (χ0) is 10.0. The Labute approximate surface area is 86.3 Å². The number of aryl methyl sites for hydroxylation is 1. The van der Waals surface area contributed by atoms with Crippen molar-refractivity contribution in [1.29, 1.82) is 0 Å². The van der Waals surface area contributed by atoms with Crippen LogP contribution in [0.4, 0.5) is 0 Å². The number of carbonyl (C=O) groups is 1. The Balaban J connectivity index is 3.08. The van der Waals surface area contributed by atoms with Crippen LogP contribution in [0.25, 0.3) is 0 Å². The highest BCUT2D eigenvalue weighted by molar-refractivity contribution is 9.10. The van der Waals surface area contributed by atoms with E-state index in [2.05, 4.69) is 15.9 Å². The highest BCUT2D eigenvalue weighted by Crippen LogP contribution is 2.16. The second-order valence-electron chi connectivity index (χ2n) is 3.17. The molecule has 1 rings (SSSR count). The zero-order valence-electron chi connectivity index (χ0n) is 7.67. The molecule has 0 radical (unpaired) electrons. The van der Waals surface area contributed by atoms with E-state index in [-0.39, 0.29) is 5.78 Å². The molecule has 1 aromatic carbocycles. The van der Waals surface area contributed by atoms with Gasteiger partial charge in [-0.05, 0) is 37.6 Å². The fourth-order valence-corrected chi connectivity index (χ4v) is 1.75. The van der Waals surface area contributed by atoms with E-state index < -0.39 is 6.04 Å². The van der Waals surface area contributed by atoms with E-state index >= 15 is 0 Å². The molecule has 2 nitrogen and oxygen atoms in total. The van der Waals surface area contributed by atoms with E-state index in [1.165, 1.54) is 0 Å². The molecule has 0 aromatic heterocycles. The van der Waals surface area contributed by atoms with E-state index in [0.29, 0.717) is 5.56 Å². The van der Waals surface area contributed by atoms with Crippen LogP contribution in [0.1, 0.15) is 22.8 Å². The number of nitrogens with two attached hydrogens (primary N) is 1. The molecule has 0 aliphatic heterocycles. The molecule has 1 unspecified atom stereocenters. The quantitative estimate of drug-likeness (QED) is 0.808. The van der Waals surface area contributed by atoms with Crippen molar-refractivity contribution >= 4 is 21.7 Å². The van der Waals surface area contributed by atoms with Gasteiger partial charge >= 0.3 is 0 Å². The van der Waals surface area contributed by atoms with E-state index in [9.17, 15) is 4.79 Å². The SMILES string of the molecule is Cc1cc(Br)cc(C(=O)C(C)N)c1. The number of Topliss-reactive ketones (excluding diaryl/α,β-unsaturated/α-hetero) is 1. The number of hydrogen-bond donors (Lipinski definition) is 1. The van der Waals surface area contributed by atoms with E-state index in [4.69, 9.17) is 5.73 Å². The molecule has 0 aliphatic carbocycles. The first-order valence-corrected chi connectivity index (χ1v) is 4.87. The van der Waals surface area contributed by atoms with Crippen LogP contribution in [0.15, 0.2) is 22.7 Å². The van der Waals surface area contributed by atoms with Crippen LogP contribution in [-0.4, -0.2) is 11.8 Å². The minimum atomic E-state index is -0.436. The Bertz CT molecular complexity index is 313. The molecule has 0 aliphatic rings. The molecule has 70 valence electrons. The maximum Gasteiger partial charge on any atom is 0.179 e. The highest BCUT2D eigenvalue weighted by atomic mass is 79.9. The lowest BCUT2D eigenvalue weighted by Gasteiger charge is -2.05. The minimum Gasteiger partial charge on any atom is -0.321 e. The van der Waals surface area contributed by atoms with Gasteiger partial charge in [-0.2, -0.15) is 0 Å². The number of benzene rings is 1. The summed E-state index contributed by atoms with van der Waals surface area (Å²) in [5.41, 5.74) is 7.23. The molecule has 0 bridgehead atoms. The summed E-state index contributed by atoms with van der Waals surface area (Å²) in [5.74, 6) is -0.0237. The van der Waals surface area contributed by atoms with E-state index in [1.807, 2.05) is 19.1 Å². The Morgan fingerprint density at radius 1 is 1.46 bits per heavy atom. The van der Waals surface area contributed by atoms with Gasteiger partial charge in [0.2, 0.25) is 0 Å². The molecule has 2 N–H and O–H groups in total. The summed E-state index contributed by atoms with van der Waals surface area (Å²) in [6.07, 6.45) is 0. The highest BCUT2D eigenvalue weighted by Gasteiger charge is 2.11. The van der Waals surface area contributed by atoms with Crippen molar-refractivity contribution in [2.45, 2.75) is 19.9 Å². The Hall–Kier alpha value is -0.670. The monoisotopic (exact) mass is 241 g/mol. The number of rotatable bonds is 2. The smallest absolute Gasteiger partial charge is 0.179 e. The standard InChI is InChI=1S/C10H12BrNO/c1-6-3-8(5-9(11)4-6)10(13)7(2)12/h3-5,7H,12H2,1-2H3. The van der Waals surface area contributed by atoms with Gasteiger partial charge in [-0.25, -0.2) is 0 Å². The van der Waals surface area contributed by atoms with Crippen molar-refractivity contribution in [1.82, 2.24) is 0 Å². The fourth-order valence-electron chi connectivity index (χ4n) is 1.14. The first-order valence-electron chi connectivity index (χ1n) is 4.07. The Kier molecular flexibility index (Phi) is 3.22. The van der Waals surface area contributed by atoms with Crippen LogP contribution in [0.5, 0.6) is 0 Å². The molecule has 13 heavy (non-hydrogen) atoms. The molecule has 0 spiro atoms. The van der Waals surface area contributed by atoms with Crippen molar-refractivity contribution in [3.63, 3.8) is 0 Å². The second-order valence-corrected chi connectivity index (χ2v) is 4.09. The zero-order valence-corrected chi connectivity index (χ0v) is 9.26. The normalized spacial score (nSPS) is 12.6. The molecule has 1 aromatic rings. The van der Waals surface area contributed by atoms with Gasteiger partial charge in [0.1, 0.15) is 0 Å². The number of ketones is 1. The second kappa shape index (κ2) is 4.03. The summed E-state index contributed by atoms with van der Waals surface area (Å²) in [6.45, 7) is 3.64. The van der Waals surface area contributed by atoms with Crippen LogP contribution in [-0.2, 0) is 0 Å². The molecule has 3 heteroatoms. The third-order valence-corrected chi connectivity index (χ3v) is 2.20.